The summed E-state index contributed by atoms with van der Waals surface area (Å²) in [6.07, 6.45) is 6.70. The smallest absolute Gasteiger partial charge is 0.00617 e. The Bertz CT molecular complexity index is 204. The highest BCUT2D eigenvalue weighted by molar-refractivity contribution is 5.40. The van der Waals surface area contributed by atoms with Gasteiger partial charge in [0.2, 0.25) is 0 Å². The van der Waals surface area contributed by atoms with Gasteiger partial charge in [0.15, 0.2) is 0 Å². The second-order valence-corrected chi connectivity index (χ2v) is 2.83. The minimum atomic E-state index is 1.13. The van der Waals surface area contributed by atoms with Crippen LogP contribution < -0.4 is 0 Å². The highest BCUT2D eigenvalue weighted by Gasteiger charge is 2.05. The molecule has 0 heteroatoms. The van der Waals surface area contributed by atoms with Crippen LogP contribution in [0.5, 0.6) is 0 Å². The van der Waals surface area contributed by atoms with Crippen LogP contribution in [-0.2, 0) is 0 Å². The molecule has 0 aliphatic heterocycles. The van der Waals surface area contributed by atoms with Crippen LogP contribution in [0.2, 0.25) is 0 Å². The molecular formula is C10H14. The number of hydrogen-bond donors (Lipinski definition) is 0. The molecule has 0 unspecified atom stereocenters. The highest BCUT2D eigenvalue weighted by atomic mass is 14.1. The summed E-state index contributed by atoms with van der Waals surface area (Å²) in [6.45, 7) is 8.17. The first-order chi connectivity index (χ1) is 4.74. The molecule has 0 amide bonds. The van der Waals surface area contributed by atoms with Crippen LogP contribution in [0.15, 0.2) is 35.5 Å². The lowest BCUT2D eigenvalue weighted by Crippen LogP contribution is -1.81. The van der Waals surface area contributed by atoms with Crippen molar-refractivity contribution in [3.05, 3.63) is 35.5 Å². The number of allylic oxidation sites excluding steroid dienone is 5. The molecule has 0 N–H and O–H groups in total. The first-order valence-corrected chi connectivity index (χ1v) is 3.78. The molecule has 0 aromatic carbocycles. The molecule has 0 heterocycles. The number of rotatable bonds is 2. The van der Waals surface area contributed by atoms with Crippen molar-refractivity contribution >= 4 is 0 Å². The Balaban J connectivity index is 2.56. The molecular weight excluding hydrogens is 120 g/mol. The summed E-state index contributed by atoms with van der Waals surface area (Å²) in [5, 5.41) is 0. The van der Waals surface area contributed by atoms with Crippen LogP contribution in [-0.4, -0.2) is 0 Å². The zero-order chi connectivity index (χ0) is 7.56. The van der Waals surface area contributed by atoms with E-state index in [2.05, 4.69) is 32.6 Å². The van der Waals surface area contributed by atoms with Gasteiger partial charge in [-0.3, -0.25) is 0 Å². The number of hydrogen-bond acceptors (Lipinski definition) is 0. The van der Waals surface area contributed by atoms with Crippen molar-refractivity contribution in [3.8, 4) is 0 Å². The van der Waals surface area contributed by atoms with Crippen LogP contribution in [0.1, 0.15) is 26.7 Å². The van der Waals surface area contributed by atoms with Crippen molar-refractivity contribution in [1.29, 1.82) is 0 Å². The van der Waals surface area contributed by atoms with E-state index in [1.54, 1.807) is 0 Å². The molecule has 0 saturated carbocycles. The van der Waals surface area contributed by atoms with Crippen molar-refractivity contribution in [1.82, 2.24) is 0 Å². The standard InChI is InChI=1S/C10H14/c1-4-9-5-6-10(7-9)8(2)3/h5-6H,2,4,7H2,1,3H3. The van der Waals surface area contributed by atoms with Crippen LogP contribution >= 0.6 is 0 Å². The minimum Gasteiger partial charge on any atom is -0.0958 e. The van der Waals surface area contributed by atoms with E-state index in [4.69, 9.17) is 0 Å². The summed E-state index contributed by atoms with van der Waals surface area (Å²) in [4.78, 5) is 0. The van der Waals surface area contributed by atoms with Crippen molar-refractivity contribution in [3.63, 3.8) is 0 Å². The molecule has 54 valence electrons. The Hall–Kier alpha value is -0.780. The van der Waals surface area contributed by atoms with Gasteiger partial charge in [-0.2, -0.15) is 0 Å². The van der Waals surface area contributed by atoms with Gasteiger partial charge in [-0.25, -0.2) is 0 Å². The third-order valence-electron chi connectivity index (χ3n) is 1.94. The van der Waals surface area contributed by atoms with E-state index < -0.39 is 0 Å². The largest absolute Gasteiger partial charge is 0.0958 e. The summed E-state index contributed by atoms with van der Waals surface area (Å²) in [5.41, 5.74) is 4.13. The van der Waals surface area contributed by atoms with Gasteiger partial charge >= 0.3 is 0 Å². The van der Waals surface area contributed by atoms with Crippen LogP contribution in [0.25, 0.3) is 0 Å². The summed E-state index contributed by atoms with van der Waals surface area (Å²) >= 11 is 0. The van der Waals surface area contributed by atoms with E-state index in [-0.39, 0.29) is 0 Å². The second-order valence-electron chi connectivity index (χ2n) is 2.83. The van der Waals surface area contributed by atoms with Gasteiger partial charge in [-0.05, 0) is 25.3 Å². The fourth-order valence-corrected chi connectivity index (χ4v) is 1.12. The van der Waals surface area contributed by atoms with Crippen molar-refractivity contribution in [2.75, 3.05) is 0 Å². The van der Waals surface area contributed by atoms with Crippen LogP contribution in [0.3, 0.4) is 0 Å². The molecule has 0 aromatic heterocycles. The van der Waals surface area contributed by atoms with Crippen molar-refractivity contribution in [2.45, 2.75) is 26.7 Å². The Morgan fingerprint density at radius 1 is 1.60 bits per heavy atom. The third-order valence-corrected chi connectivity index (χ3v) is 1.94. The fraction of sp³-hybridized carbons (Fsp3) is 0.400. The van der Waals surface area contributed by atoms with E-state index >= 15 is 0 Å². The molecule has 0 saturated heterocycles. The van der Waals surface area contributed by atoms with Gasteiger partial charge < -0.3 is 0 Å². The lowest BCUT2D eigenvalue weighted by Gasteiger charge is -2.00. The van der Waals surface area contributed by atoms with Crippen LogP contribution in [0.4, 0.5) is 0 Å². The summed E-state index contributed by atoms with van der Waals surface area (Å²) in [7, 11) is 0. The van der Waals surface area contributed by atoms with E-state index in [1.807, 2.05) is 0 Å². The zero-order valence-electron chi connectivity index (χ0n) is 6.78. The summed E-state index contributed by atoms with van der Waals surface area (Å²) < 4.78 is 0. The molecule has 1 aliphatic carbocycles. The lowest BCUT2D eigenvalue weighted by molar-refractivity contribution is 1.02. The minimum absolute atomic E-state index is 1.13. The topological polar surface area (TPSA) is 0 Å². The van der Waals surface area contributed by atoms with E-state index in [0.717, 1.165) is 6.42 Å². The van der Waals surface area contributed by atoms with Gasteiger partial charge in [-0.1, -0.05) is 36.8 Å². The summed E-state index contributed by atoms with van der Waals surface area (Å²) in [5.74, 6) is 0. The normalized spacial score (nSPS) is 16.6. The first-order valence-electron chi connectivity index (χ1n) is 3.78. The summed E-state index contributed by atoms with van der Waals surface area (Å²) in [6, 6.07) is 0. The molecule has 0 bridgehead atoms. The SMILES string of the molecule is C=C(C)C1=CC=C(CC)C1. The predicted molar refractivity (Wildman–Crippen MR) is 45.9 cm³/mol. The van der Waals surface area contributed by atoms with Gasteiger partial charge in [0.05, 0.1) is 0 Å². The first kappa shape index (κ1) is 7.33. The monoisotopic (exact) mass is 134 g/mol. The fourth-order valence-electron chi connectivity index (χ4n) is 1.12. The van der Waals surface area contributed by atoms with Crippen molar-refractivity contribution in [2.24, 2.45) is 0 Å². The molecule has 0 nitrogen and oxygen atoms in total. The van der Waals surface area contributed by atoms with E-state index in [0.29, 0.717) is 0 Å². The van der Waals surface area contributed by atoms with Gasteiger partial charge in [0.25, 0.3) is 0 Å². The quantitative estimate of drug-likeness (QED) is 0.544. The Morgan fingerprint density at radius 2 is 2.30 bits per heavy atom. The Labute approximate surface area is 62.9 Å². The molecule has 0 aromatic rings. The molecule has 0 spiro atoms. The van der Waals surface area contributed by atoms with Crippen LogP contribution in [0, 0.1) is 0 Å². The maximum absolute atomic E-state index is 3.90. The predicted octanol–water partition coefficient (Wildman–Crippen LogP) is 3.23. The average Bonchev–Trinajstić information content (AvgIpc) is 2.34. The van der Waals surface area contributed by atoms with E-state index in [1.165, 1.54) is 23.1 Å². The molecule has 10 heavy (non-hydrogen) atoms. The van der Waals surface area contributed by atoms with Gasteiger partial charge in [-0.15, -0.1) is 0 Å². The Morgan fingerprint density at radius 3 is 2.60 bits per heavy atom. The highest BCUT2D eigenvalue weighted by Crippen LogP contribution is 2.25. The molecule has 0 fully saturated rings. The molecule has 0 atom stereocenters. The van der Waals surface area contributed by atoms with E-state index in [9.17, 15) is 0 Å². The average molecular weight is 134 g/mol. The molecule has 1 aliphatic rings. The maximum atomic E-state index is 3.90. The lowest BCUT2D eigenvalue weighted by atomic mass is 10.1. The maximum Gasteiger partial charge on any atom is -0.00617 e. The zero-order valence-corrected chi connectivity index (χ0v) is 6.78. The second kappa shape index (κ2) is 2.87. The Kier molecular flexibility index (Phi) is 2.10. The third kappa shape index (κ3) is 1.38. The van der Waals surface area contributed by atoms with Crippen molar-refractivity contribution < 1.29 is 0 Å². The molecule has 1 rings (SSSR count). The van der Waals surface area contributed by atoms with Gasteiger partial charge in [0.1, 0.15) is 0 Å². The van der Waals surface area contributed by atoms with Gasteiger partial charge in [0, 0.05) is 0 Å². The molecule has 0 radical (unpaired) electrons.